The Morgan fingerprint density at radius 1 is 1.10 bits per heavy atom. The molecule has 0 bridgehead atoms. The highest BCUT2D eigenvalue weighted by atomic mass is 19.1. The predicted octanol–water partition coefficient (Wildman–Crippen LogP) is 2.62. The molecule has 0 fully saturated rings. The minimum atomic E-state index is -1.82. The van der Waals surface area contributed by atoms with Crippen LogP contribution < -0.4 is 5.32 Å². The van der Waals surface area contributed by atoms with Gasteiger partial charge in [-0.25, -0.2) is 23.4 Å². The zero-order chi connectivity index (χ0) is 23.1. The van der Waals surface area contributed by atoms with E-state index in [1.165, 1.54) is 0 Å². The van der Waals surface area contributed by atoms with Crippen LogP contribution in [0, 0.1) is 11.6 Å². The normalized spacial score (nSPS) is 10.5. The summed E-state index contributed by atoms with van der Waals surface area (Å²) in [6, 6.07) is 6.06. The lowest BCUT2D eigenvalue weighted by molar-refractivity contribution is -0.159. The molecule has 0 aliphatic carbocycles. The van der Waals surface area contributed by atoms with Crippen LogP contribution in [0.3, 0.4) is 0 Å². The molecule has 164 valence electrons. The second kappa shape index (κ2) is 10.3. The van der Waals surface area contributed by atoms with Gasteiger partial charge in [0.05, 0.1) is 11.8 Å². The first-order valence-corrected chi connectivity index (χ1v) is 8.83. The fourth-order valence-electron chi connectivity index (χ4n) is 2.41. The number of carbonyl (C=O) groups excluding carboxylic acids is 1. The minimum absolute atomic E-state index is 0.247. The number of amides is 1. The summed E-state index contributed by atoms with van der Waals surface area (Å²) in [6.07, 6.45) is 2.39. The average molecular weight is 435 g/mol. The molecular weight excluding hydrogens is 416 g/mol. The summed E-state index contributed by atoms with van der Waals surface area (Å²) in [6.45, 7) is 0.827. The lowest BCUT2D eigenvalue weighted by Gasteiger charge is -2.08. The van der Waals surface area contributed by atoms with E-state index in [1.807, 2.05) is 19.0 Å². The topological polar surface area (TPSA) is 133 Å². The highest BCUT2D eigenvalue weighted by molar-refractivity contribution is 6.27. The summed E-state index contributed by atoms with van der Waals surface area (Å²) in [4.78, 5) is 36.8. The molecule has 0 saturated carbocycles. The maximum atomic E-state index is 13.7. The first-order valence-electron chi connectivity index (χ1n) is 8.83. The maximum absolute atomic E-state index is 13.7. The smallest absolute Gasteiger partial charge is 0.414 e. The Morgan fingerprint density at radius 3 is 2.35 bits per heavy atom. The molecule has 9 nitrogen and oxygen atoms in total. The summed E-state index contributed by atoms with van der Waals surface area (Å²) < 4.78 is 32.1. The largest absolute Gasteiger partial charge is 0.473 e. The fourth-order valence-corrected chi connectivity index (χ4v) is 2.41. The van der Waals surface area contributed by atoms with Crippen LogP contribution in [-0.4, -0.2) is 58.6 Å². The Hall–Kier alpha value is -3.86. The predicted molar refractivity (Wildman–Crippen MR) is 106 cm³/mol. The van der Waals surface area contributed by atoms with Gasteiger partial charge in [0.1, 0.15) is 23.0 Å². The lowest BCUT2D eigenvalue weighted by atomic mass is 10.2. The molecule has 3 rings (SSSR count). The third kappa shape index (κ3) is 6.57. The van der Waals surface area contributed by atoms with E-state index in [0.717, 1.165) is 30.7 Å². The number of rotatable bonds is 5. The van der Waals surface area contributed by atoms with Crippen molar-refractivity contribution in [2.24, 2.45) is 0 Å². The number of carbonyl (C=O) groups is 3. The Balaban J connectivity index is 0.000000501. The number of fused-ring (bicyclic) bond motifs is 1. The summed E-state index contributed by atoms with van der Waals surface area (Å²) in [5.41, 5.74) is 1.94. The van der Waals surface area contributed by atoms with Crippen LogP contribution >= 0.6 is 0 Å². The highest BCUT2D eigenvalue weighted by Gasteiger charge is 2.15. The van der Waals surface area contributed by atoms with E-state index in [1.54, 1.807) is 18.4 Å². The molecule has 0 aliphatic heterocycles. The van der Waals surface area contributed by atoms with Gasteiger partial charge in [0, 0.05) is 18.2 Å². The molecule has 0 atom stereocenters. The number of nitrogens with one attached hydrogen (secondary N) is 1. The molecule has 11 heteroatoms. The van der Waals surface area contributed by atoms with E-state index in [4.69, 9.17) is 24.2 Å². The van der Waals surface area contributed by atoms with Crippen molar-refractivity contribution < 1.29 is 37.8 Å². The van der Waals surface area contributed by atoms with E-state index >= 15 is 0 Å². The molecule has 3 aromatic rings. The van der Waals surface area contributed by atoms with Crippen molar-refractivity contribution in [3.8, 4) is 0 Å². The van der Waals surface area contributed by atoms with Gasteiger partial charge >= 0.3 is 11.9 Å². The van der Waals surface area contributed by atoms with Crippen LogP contribution in [0.15, 0.2) is 41.0 Å². The summed E-state index contributed by atoms with van der Waals surface area (Å²) in [7, 11) is 3.94. The van der Waals surface area contributed by atoms with Crippen molar-refractivity contribution in [3.05, 3.63) is 59.4 Å². The number of furan rings is 1. The van der Waals surface area contributed by atoms with Crippen LogP contribution in [0.25, 0.3) is 11.1 Å². The molecule has 0 unspecified atom stereocenters. The third-order valence-corrected chi connectivity index (χ3v) is 3.92. The number of carboxylic acid groups (broad SMARTS) is 2. The molecule has 0 saturated heterocycles. The molecule has 3 N–H and O–H groups in total. The molecule has 1 aromatic carbocycles. The van der Waals surface area contributed by atoms with Gasteiger partial charge < -0.3 is 24.8 Å². The van der Waals surface area contributed by atoms with Gasteiger partial charge in [0.25, 0.3) is 5.91 Å². The Labute approximate surface area is 174 Å². The van der Waals surface area contributed by atoms with Crippen LogP contribution in [0.1, 0.15) is 15.9 Å². The monoisotopic (exact) mass is 435 g/mol. The zero-order valence-electron chi connectivity index (χ0n) is 16.6. The SMILES string of the molecule is CN(C)CCc1coc2ccc(NC(=O)c3ccc(F)cc3F)nc12.O=C(O)C(=O)O. The second-order valence-electron chi connectivity index (χ2n) is 6.55. The van der Waals surface area contributed by atoms with E-state index in [0.29, 0.717) is 17.2 Å². The van der Waals surface area contributed by atoms with E-state index in [9.17, 15) is 13.6 Å². The standard InChI is InChI=1S/C18H17F2N3O2.C2H2O4/c1-23(2)8-7-11-10-25-15-5-6-16(21-17(11)15)22-18(24)13-4-3-12(19)9-14(13)20;3-1(4)2(5)6/h3-6,9-10H,7-8H2,1-2H3,(H,21,22,24);(H,3,4)(H,5,6). The molecule has 0 spiro atoms. The molecule has 2 aromatic heterocycles. The number of aliphatic carboxylic acids is 2. The van der Waals surface area contributed by atoms with Gasteiger partial charge in [-0.2, -0.15) is 0 Å². The number of aromatic nitrogens is 1. The molecule has 31 heavy (non-hydrogen) atoms. The summed E-state index contributed by atoms with van der Waals surface area (Å²) >= 11 is 0. The molecular formula is C20H19F2N3O6. The number of anilines is 1. The number of nitrogens with zero attached hydrogens (tertiary/aromatic N) is 2. The lowest BCUT2D eigenvalue weighted by Crippen LogP contribution is -2.15. The van der Waals surface area contributed by atoms with E-state index in [-0.39, 0.29) is 11.4 Å². The number of halogens is 2. The van der Waals surface area contributed by atoms with E-state index in [2.05, 4.69) is 10.3 Å². The van der Waals surface area contributed by atoms with Gasteiger partial charge in [-0.15, -0.1) is 0 Å². The zero-order valence-corrected chi connectivity index (χ0v) is 16.6. The highest BCUT2D eigenvalue weighted by Crippen LogP contribution is 2.22. The second-order valence-corrected chi connectivity index (χ2v) is 6.55. The van der Waals surface area contributed by atoms with Crippen LogP contribution in [0.2, 0.25) is 0 Å². The van der Waals surface area contributed by atoms with Crippen molar-refractivity contribution >= 4 is 34.8 Å². The van der Waals surface area contributed by atoms with Crippen molar-refractivity contribution in [3.63, 3.8) is 0 Å². The molecule has 1 amide bonds. The molecule has 0 radical (unpaired) electrons. The quantitative estimate of drug-likeness (QED) is 0.521. The van der Waals surface area contributed by atoms with E-state index < -0.39 is 29.5 Å². The average Bonchev–Trinajstić information content (AvgIpc) is 3.09. The van der Waals surface area contributed by atoms with Gasteiger partial charge in [0.2, 0.25) is 0 Å². The number of hydrogen-bond acceptors (Lipinski definition) is 6. The van der Waals surface area contributed by atoms with Crippen molar-refractivity contribution in [2.75, 3.05) is 26.0 Å². The Bertz CT molecular complexity index is 1100. The van der Waals surface area contributed by atoms with Gasteiger partial charge in [-0.05, 0) is 44.8 Å². The summed E-state index contributed by atoms with van der Waals surface area (Å²) in [5, 5.41) is 17.3. The minimum Gasteiger partial charge on any atom is -0.473 e. The molecule has 2 heterocycles. The molecule has 0 aliphatic rings. The van der Waals surface area contributed by atoms with Gasteiger partial charge in [0.15, 0.2) is 5.58 Å². The van der Waals surface area contributed by atoms with Gasteiger partial charge in [-0.1, -0.05) is 0 Å². The number of carboxylic acids is 2. The van der Waals surface area contributed by atoms with Gasteiger partial charge in [-0.3, -0.25) is 4.79 Å². The number of pyridine rings is 1. The third-order valence-electron chi connectivity index (χ3n) is 3.92. The fraction of sp³-hybridized carbons (Fsp3) is 0.200. The first kappa shape index (κ1) is 23.4. The van der Waals surface area contributed by atoms with Crippen molar-refractivity contribution in [1.82, 2.24) is 9.88 Å². The maximum Gasteiger partial charge on any atom is 0.414 e. The number of benzene rings is 1. The van der Waals surface area contributed by atoms with Crippen LogP contribution in [-0.2, 0) is 16.0 Å². The first-order chi connectivity index (χ1) is 14.6. The van der Waals surface area contributed by atoms with Crippen LogP contribution in [0.5, 0.6) is 0 Å². The number of hydrogen-bond donors (Lipinski definition) is 3. The summed E-state index contributed by atoms with van der Waals surface area (Å²) in [5.74, 6) is -5.73. The Kier molecular flexibility index (Phi) is 7.75. The van der Waals surface area contributed by atoms with Crippen LogP contribution in [0.4, 0.5) is 14.6 Å². The number of likely N-dealkylation sites (N-methyl/N-ethyl adjacent to an activating group) is 1. The van der Waals surface area contributed by atoms with Crippen molar-refractivity contribution in [2.45, 2.75) is 6.42 Å². The van der Waals surface area contributed by atoms with Crippen molar-refractivity contribution in [1.29, 1.82) is 0 Å². The Morgan fingerprint density at radius 2 is 1.77 bits per heavy atom.